The van der Waals surface area contributed by atoms with Crippen molar-refractivity contribution >= 4 is 91.3 Å². The van der Waals surface area contributed by atoms with Crippen LogP contribution in [0.25, 0.3) is 89.0 Å². The van der Waals surface area contributed by atoms with Crippen molar-refractivity contribution in [1.82, 2.24) is 0 Å². The quantitative estimate of drug-likeness (QED) is 0.0894. The minimum Gasteiger partial charge on any atom is -0.310 e. The van der Waals surface area contributed by atoms with Crippen LogP contribution in [0.5, 0.6) is 0 Å². The predicted molar refractivity (Wildman–Crippen MR) is 472 cm³/mol. The number of fused-ring (bicyclic) bond motifs is 4. The second kappa shape index (κ2) is 29.0. The molecular weight excluding hydrogens is 1340 g/mol. The van der Waals surface area contributed by atoms with E-state index in [4.69, 9.17) is 0 Å². The topological polar surface area (TPSA) is 13.0 Å². The summed E-state index contributed by atoms with van der Waals surface area (Å²) >= 11 is 0. The lowest BCUT2D eigenvalue weighted by Gasteiger charge is -2.47. The van der Waals surface area contributed by atoms with Crippen molar-refractivity contribution in [2.24, 2.45) is 0 Å². The Bertz CT molecular complexity index is 5800. The van der Waals surface area contributed by atoms with Crippen LogP contribution in [0.3, 0.4) is 0 Å². The van der Waals surface area contributed by atoms with E-state index in [1.807, 2.05) is 0 Å². The number of anilines is 12. The zero-order valence-electron chi connectivity index (χ0n) is 62.3. The Morgan fingerprint density at radius 1 is 0.207 bits per heavy atom. The molecule has 2 aliphatic heterocycles. The first-order valence-corrected chi connectivity index (χ1v) is 38.5. The number of hydrogen-bond acceptors (Lipinski definition) is 4. The fraction of sp³-hybridized carbons (Fsp3) is 0.0377. The molecule has 0 saturated carbocycles. The summed E-state index contributed by atoms with van der Waals surface area (Å²) < 4.78 is 0. The molecule has 0 aromatic heterocycles. The van der Waals surface area contributed by atoms with Gasteiger partial charge in [-0.15, -0.1) is 0 Å². The molecule has 0 atom stereocenters. The molecule has 0 N–H and O–H groups in total. The van der Waals surface area contributed by atoms with E-state index in [1.54, 1.807) is 0 Å². The van der Waals surface area contributed by atoms with E-state index >= 15 is 0 Å². The van der Waals surface area contributed by atoms with Crippen LogP contribution in [0.2, 0.25) is 0 Å². The van der Waals surface area contributed by atoms with Crippen molar-refractivity contribution in [1.29, 1.82) is 0 Å². The van der Waals surface area contributed by atoms with Crippen molar-refractivity contribution < 1.29 is 0 Å². The maximum atomic E-state index is 2.69. The maximum Gasteiger partial charge on any atom is 0.252 e. The summed E-state index contributed by atoms with van der Waals surface area (Å²) in [6, 6.07) is 157. The number of hydrogen-bond donors (Lipinski definition) is 0. The monoisotopic (exact) mass is 1420 g/mol. The zero-order chi connectivity index (χ0) is 74.4. The lowest BCUT2D eigenvalue weighted by Crippen LogP contribution is -2.61. The highest BCUT2D eigenvalue weighted by Gasteiger charge is 2.46. The van der Waals surface area contributed by atoms with Gasteiger partial charge in [0.25, 0.3) is 6.71 Å². The molecule has 0 radical (unpaired) electrons. The lowest BCUT2D eigenvalue weighted by atomic mass is 9.33. The van der Waals surface area contributed by atoms with Crippen molar-refractivity contribution in [3.63, 3.8) is 0 Å². The third kappa shape index (κ3) is 12.7. The number of nitrogens with zero attached hydrogens (tertiary/aromatic N) is 4. The van der Waals surface area contributed by atoms with Gasteiger partial charge in [-0.1, -0.05) is 336 Å². The molecule has 4 nitrogen and oxygen atoms in total. The standard InChI is InChI=1S/C106H79BN4/c1-106(2,3)86-70-101-103-102(71-86)111(105-94(77-40-18-7-19-41-77)59-33-61-96(105)85-49-31-47-83(69-85)81-45-29-43-79(67-81)75-36-14-5-15-37-75)100-73-92(109(89-54-24-10-25-55-89)90-56-26-11-27-57-90)63-65-98(100)107(103)97-64-62-91(108(87-50-20-8-21-51-87)88-52-22-9-23-53-88)72-99(97)110(101)104-93(76-38-16-6-17-39-76)58-32-60-95(104)84-48-30-46-82(68-84)80-44-28-42-78(66-80)74-34-12-4-13-35-74/h4-73H,1-3H3. The molecule has 17 aromatic rings. The first-order valence-electron chi connectivity index (χ1n) is 38.5. The smallest absolute Gasteiger partial charge is 0.252 e. The normalized spacial score (nSPS) is 12.0. The van der Waals surface area contributed by atoms with Gasteiger partial charge in [-0.25, -0.2) is 0 Å². The highest BCUT2D eigenvalue weighted by atomic mass is 15.2. The van der Waals surface area contributed by atoms with Crippen LogP contribution in [-0.2, 0) is 5.41 Å². The van der Waals surface area contributed by atoms with Gasteiger partial charge in [0, 0.05) is 79.1 Å². The largest absolute Gasteiger partial charge is 0.310 e. The summed E-state index contributed by atoms with van der Waals surface area (Å²) in [6.07, 6.45) is 0. The zero-order valence-corrected chi connectivity index (χ0v) is 62.3. The van der Waals surface area contributed by atoms with E-state index in [1.165, 1.54) is 44.2 Å². The summed E-state index contributed by atoms with van der Waals surface area (Å²) in [5.41, 5.74) is 35.6. The number of rotatable bonds is 16. The van der Waals surface area contributed by atoms with Crippen LogP contribution in [-0.4, -0.2) is 6.71 Å². The SMILES string of the molecule is CC(C)(C)c1cc2c3c(c1)N(c1c(-c4ccccc4)cccc1-c1cccc(-c4cccc(-c5ccccc5)c4)c1)c1cc(N(c4ccccc4)c4ccccc4)ccc1B3c1ccc(N(c3ccccc3)c3ccccc3)cc1N2c1c(-c2ccccc2)cccc1-c1cccc(-c2cccc(-c3ccccc3)c2)c1. The molecule has 526 valence electrons. The fourth-order valence-electron chi connectivity index (χ4n) is 16.8. The molecule has 0 amide bonds. The van der Waals surface area contributed by atoms with E-state index in [9.17, 15) is 0 Å². The highest BCUT2D eigenvalue weighted by molar-refractivity contribution is 7.00. The molecular formula is C106H79BN4. The lowest BCUT2D eigenvalue weighted by molar-refractivity contribution is 0.590. The second-order valence-electron chi connectivity index (χ2n) is 30.0. The molecule has 111 heavy (non-hydrogen) atoms. The average Bonchev–Trinajstić information content (AvgIpc) is 0.686. The van der Waals surface area contributed by atoms with E-state index in [-0.39, 0.29) is 12.1 Å². The Morgan fingerprint density at radius 3 is 0.775 bits per heavy atom. The van der Waals surface area contributed by atoms with E-state index in [0.29, 0.717) is 0 Å². The summed E-state index contributed by atoms with van der Waals surface area (Å²) in [5, 5.41) is 0. The Balaban J connectivity index is 0.932. The molecule has 0 spiro atoms. The molecule has 5 heteroatoms. The average molecular weight is 1420 g/mol. The number of para-hydroxylation sites is 6. The molecule has 0 bridgehead atoms. The van der Waals surface area contributed by atoms with Gasteiger partial charge < -0.3 is 19.6 Å². The van der Waals surface area contributed by atoms with Crippen molar-refractivity contribution in [3.05, 3.63) is 430 Å². The van der Waals surface area contributed by atoms with Gasteiger partial charge in [0.2, 0.25) is 0 Å². The molecule has 0 aliphatic carbocycles. The van der Waals surface area contributed by atoms with Crippen LogP contribution in [0.15, 0.2) is 425 Å². The third-order valence-electron chi connectivity index (χ3n) is 22.1. The van der Waals surface area contributed by atoms with Crippen molar-refractivity contribution in [2.75, 3.05) is 19.6 Å². The second-order valence-corrected chi connectivity index (χ2v) is 30.0. The minimum atomic E-state index is -0.369. The molecule has 0 unspecified atom stereocenters. The van der Waals surface area contributed by atoms with Gasteiger partial charge in [0.15, 0.2) is 0 Å². The van der Waals surface area contributed by atoms with E-state index < -0.39 is 0 Å². The Labute approximate surface area is 652 Å². The van der Waals surface area contributed by atoms with Crippen LogP contribution >= 0.6 is 0 Å². The highest BCUT2D eigenvalue weighted by Crippen LogP contribution is 2.56. The van der Waals surface area contributed by atoms with Gasteiger partial charge in [-0.3, -0.25) is 0 Å². The van der Waals surface area contributed by atoms with Gasteiger partial charge in [-0.05, 0) is 203 Å². The van der Waals surface area contributed by atoms with Gasteiger partial charge in [0.1, 0.15) is 0 Å². The summed E-state index contributed by atoms with van der Waals surface area (Å²) in [7, 11) is 0. The molecule has 19 rings (SSSR count). The Hall–Kier alpha value is -14.0. The molecule has 2 aliphatic rings. The Kier molecular flexibility index (Phi) is 17.6. The summed E-state index contributed by atoms with van der Waals surface area (Å²) in [4.78, 5) is 10.2. The molecule has 17 aromatic carbocycles. The van der Waals surface area contributed by atoms with E-state index in [2.05, 4.69) is 465 Å². The van der Waals surface area contributed by atoms with Crippen LogP contribution in [0.4, 0.5) is 68.2 Å². The van der Waals surface area contributed by atoms with Crippen LogP contribution in [0, 0.1) is 0 Å². The first kappa shape index (κ1) is 67.6. The Morgan fingerprint density at radius 2 is 0.459 bits per heavy atom. The maximum absolute atomic E-state index is 2.69. The van der Waals surface area contributed by atoms with Crippen molar-refractivity contribution in [3.8, 4) is 89.0 Å². The minimum absolute atomic E-state index is 0.284. The fourth-order valence-corrected chi connectivity index (χ4v) is 16.8. The van der Waals surface area contributed by atoms with Crippen molar-refractivity contribution in [2.45, 2.75) is 26.2 Å². The van der Waals surface area contributed by atoms with Crippen LogP contribution in [0.1, 0.15) is 26.3 Å². The summed E-state index contributed by atoms with van der Waals surface area (Å²) in [6.45, 7) is 6.87. The molecule has 0 saturated heterocycles. The van der Waals surface area contributed by atoms with Gasteiger partial charge in [0.05, 0.1) is 11.4 Å². The first-order chi connectivity index (χ1) is 54.7. The molecule has 0 fully saturated rings. The third-order valence-corrected chi connectivity index (χ3v) is 22.1. The van der Waals surface area contributed by atoms with Gasteiger partial charge in [-0.2, -0.15) is 0 Å². The molecule has 2 heterocycles. The number of benzene rings is 17. The van der Waals surface area contributed by atoms with Crippen LogP contribution < -0.4 is 36.0 Å². The van der Waals surface area contributed by atoms with E-state index in [0.717, 1.165) is 135 Å². The summed E-state index contributed by atoms with van der Waals surface area (Å²) in [5.74, 6) is 0. The predicted octanol–water partition coefficient (Wildman–Crippen LogP) is 27.3. The van der Waals surface area contributed by atoms with Gasteiger partial charge >= 0.3 is 0 Å².